The summed E-state index contributed by atoms with van der Waals surface area (Å²) in [5.74, 6) is 1.85. The van der Waals surface area contributed by atoms with Crippen molar-refractivity contribution in [3.63, 3.8) is 0 Å². The van der Waals surface area contributed by atoms with Crippen LogP contribution in [0.1, 0.15) is 40.6 Å². The number of aromatic nitrogens is 4. The van der Waals surface area contributed by atoms with Gasteiger partial charge in [0.2, 0.25) is 0 Å². The first-order chi connectivity index (χ1) is 13.6. The molecular weight excluding hydrogens is 374 g/mol. The van der Waals surface area contributed by atoms with Crippen molar-refractivity contribution in [2.75, 3.05) is 0 Å². The molecule has 4 rings (SSSR count). The van der Waals surface area contributed by atoms with Crippen LogP contribution in [-0.4, -0.2) is 26.0 Å². The van der Waals surface area contributed by atoms with Crippen LogP contribution in [0.3, 0.4) is 0 Å². The molecule has 0 fully saturated rings. The third kappa shape index (κ3) is 3.91. The fourth-order valence-electron chi connectivity index (χ4n) is 2.83. The number of carbonyl (C=O) groups is 1. The number of nitrogens with zero attached hydrogens (tertiary/aromatic N) is 3. The van der Waals surface area contributed by atoms with E-state index in [9.17, 15) is 4.79 Å². The quantitative estimate of drug-likeness (QED) is 0.480. The lowest BCUT2D eigenvalue weighted by molar-refractivity contribution is 0.0934. The Morgan fingerprint density at radius 2 is 2.14 bits per heavy atom. The Balaban J connectivity index is 1.48. The number of pyridine rings is 1. The van der Waals surface area contributed by atoms with E-state index in [1.807, 2.05) is 44.2 Å². The smallest absolute Gasteiger partial charge is 0.254 e. The molecule has 1 atom stereocenters. The summed E-state index contributed by atoms with van der Waals surface area (Å²) in [5, 5.41) is 7.62. The molecule has 0 saturated carbocycles. The molecule has 1 aromatic carbocycles. The average Bonchev–Trinajstić information content (AvgIpc) is 3.32. The van der Waals surface area contributed by atoms with Crippen LogP contribution < -0.4 is 5.32 Å². The van der Waals surface area contributed by atoms with Gasteiger partial charge in [-0.05, 0) is 38.1 Å². The number of para-hydroxylation sites is 2. The predicted octanol–water partition coefficient (Wildman–Crippen LogP) is 4.04. The van der Waals surface area contributed by atoms with E-state index < -0.39 is 0 Å². The zero-order valence-electron chi connectivity index (χ0n) is 15.5. The molecule has 0 aliphatic rings. The summed E-state index contributed by atoms with van der Waals surface area (Å²) in [4.78, 5) is 25.0. The van der Waals surface area contributed by atoms with Gasteiger partial charge in [0.15, 0.2) is 0 Å². The molecule has 28 heavy (non-hydrogen) atoms. The number of rotatable bonds is 6. The largest absolute Gasteiger partial charge is 0.361 e. The number of benzene rings is 1. The van der Waals surface area contributed by atoms with Crippen LogP contribution in [0.4, 0.5) is 0 Å². The first kappa shape index (κ1) is 18.2. The molecule has 0 spiro atoms. The van der Waals surface area contributed by atoms with E-state index in [0.717, 1.165) is 22.5 Å². The van der Waals surface area contributed by atoms with Gasteiger partial charge in [-0.3, -0.25) is 4.79 Å². The summed E-state index contributed by atoms with van der Waals surface area (Å²) < 4.78 is 5.08. The van der Waals surface area contributed by atoms with Gasteiger partial charge in [0.1, 0.15) is 16.6 Å². The Morgan fingerprint density at radius 1 is 1.29 bits per heavy atom. The third-order valence-electron chi connectivity index (χ3n) is 4.21. The first-order valence-electron chi connectivity index (χ1n) is 8.85. The zero-order valence-corrected chi connectivity index (χ0v) is 16.3. The number of aromatic amines is 1. The Hall–Kier alpha value is -3.13. The van der Waals surface area contributed by atoms with Gasteiger partial charge >= 0.3 is 0 Å². The summed E-state index contributed by atoms with van der Waals surface area (Å²) in [6, 6.07) is 12.9. The summed E-state index contributed by atoms with van der Waals surface area (Å²) in [7, 11) is 0. The van der Waals surface area contributed by atoms with Crippen molar-refractivity contribution in [2.45, 2.75) is 30.7 Å². The minimum absolute atomic E-state index is 0.195. The molecule has 142 valence electrons. The topological polar surface area (TPSA) is 96.7 Å². The van der Waals surface area contributed by atoms with Crippen LogP contribution in [-0.2, 0) is 5.75 Å². The molecule has 4 aromatic rings. The van der Waals surface area contributed by atoms with Gasteiger partial charge in [0.05, 0.1) is 28.3 Å². The highest BCUT2D eigenvalue weighted by Gasteiger charge is 2.18. The van der Waals surface area contributed by atoms with Crippen LogP contribution in [0, 0.1) is 6.92 Å². The molecule has 1 unspecified atom stereocenters. The second-order valence-corrected chi connectivity index (χ2v) is 7.37. The van der Waals surface area contributed by atoms with Gasteiger partial charge in [-0.25, -0.2) is 9.97 Å². The van der Waals surface area contributed by atoms with E-state index in [1.54, 1.807) is 18.3 Å². The van der Waals surface area contributed by atoms with Gasteiger partial charge < -0.3 is 14.8 Å². The second kappa shape index (κ2) is 7.85. The van der Waals surface area contributed by atoms with E-state index in [-0.39, 0.29) is 11.9 Å². The minimum Gasteiger partial charge on any atom is -0.361 e. The second-order valence-electron chi connectivity index (χ2n) is 6.41. The predicted molar refractivity (Wildman–Crippen MR) is 107 cm³/mol. The lowest BCUT2D eigenvalue weighted by atomic mass is 10.2. The minimum atomic E-state index is -0.267. The zero-order chi connectivity index (χ0) is 19.5. The van der Waals surface area contributed by atoms with E-state index in [0.29, 0.717) is 22.2 Å². The fraction of sp³-hybridized carbons (Fsp3) is 0.200. The molecule has 3 aromatic heterocycles. The van der Waals surface area contributed by atoms with Crippen molar-refractivity contribution in [3.05, 3.63) is 71.5 Å². The van der Waals surface area contributed by atoms with Crippen molar-refractivity contribution in [3.8, 4) is 0 Å². The lowest BCUT2D eigenvalue weighted by Gasteiger charge is -2.13. The van der Waals surface area contributed by atoms with E-state index in [2.05, 4.69) is 25.4 Å². The lowest BCUT2D eigenvalue weighted by Crippen LogP contribution is -2.28. The van der Waals surface area contributed by atoms with Crippen LogP contribution in [0.5, 0.6) is 0 Å². The number of aryl methyl sites for hydroxylation is 1. The highest BCUT2D eigenvalue weighted by molar-refractivity contribution is 7.98. The molecule has 3 heterocycles. The summed E-state index contributed by atoms with van der Waals surface area (Å²) in [6.07, 6.45) is 1.68. The number of fused-ring (bicyclic) bond motifs is 1. The molecule has 0 bridgehead atoms. The van der Waals surface area contributed by atoms with Crippen molar-refractivity contribution in [2.24, 2.45) is 0 Å². The molecule has 0 aliphatic heterocycles. The van der Waals surface area contributed by atoms with Gasteiger partial charge in [0.25, 0.3) is 5.91 Å². The SMILES string of the molecule is Cc1cc(CSc2ncccc2C(=O)NC(C)c2nc3ccccc3[nH]2)no1. The molecule has 8 heteroatoms. The molecule has 0 saturated heterocycles. The van der Waals surface area contributed by atoms with Gasteiger partial charge in [0, 0.05) is 18.0 Å². The van der Waals surface area contributed by atoms with Crippen molar-refractivity contribution < 1.29 is 9.32 Å². The fourth-order valence-corrected chi connectivity index (χ4v) is 3.70. The number of hydrogen-bond donors (Lipinski definition) is 2. The molecule has 1 amide bonds. The highest BCUT2D eigenvalue weighted by atomic mass is 32.2. The van der Waals surface area contributed by atoms with Crippen LogP contribution in [0.25, 0.3) is 11.0 Å². The van der Waals surface area contributed by atoms with Gasteiger partial charge in [-0.1, -0.05) is 29.1 Å². The summed E-state index contributed by atoms with van der Waals surface area (Å²) in [6.45, 7) is 3.75. The standard InChI is InChI=1S/C20H19N5O2S/c1-12-10-14(25-27-12)11-28-20-15(6-5-9-21-20)19(26)22-13(2)18-23-16-7-3-4-8-17(16)24-18/h3-10,13H,11H2,1-2H3,(H,22,26)(H,23,24). The monoisotopic (exact) mass is 393 g/mol. The molecule has 7 nitrogen and oxygen atoms in total. The van der Waals surface area contributed by atoms with Crippen molar-refractivity contribution >= 4 is 28.7 Å². The van der Waals surface area contributed by atoms with Crippen molar-refractivity contribution in [1.29, 1.82) is 0 Å². The maximum Gasteiger partial charge on any atom is 0.254 e. The maximum absolute atomic E-state index is 12.8. The average molecular weight is 393 g/mol. The summed E-state index contributed by atoms with van der Waals surface area (Å²) in [5.41, 5.74) is 3.16. The number of carbonyl (C=O) groups excluding carboxylic acids is 1. The Bertz CT molecular complexity index is 1090. The number of hydrogen-bond acceptors (Lipinski definition) is 6. The number of imidazole rings is 1. The highest BCUT2D eigenvalue weighted by Crippen LogP contribution is 2.25. The number of H-pyrrole nitrogens is 1. The van der Waals surface area contributed by atoms with Gasteiger partial charge in [-0.2, -0.15) is 0 Å². The number of amides is 1. The first-order valence-corrected chi connectivity index (χ1v) is 9.84. The van der Waals surface area contributed by atoms with E-state index >= 15 is 0 Å². The Kier molecular flexibility index (Phi) is 5.12. The van der Waals surface area contributed by atoms with Gasteiger partial charge in [-0.15, -0.1) is 0 Å². The van der Waals surface area contributed by atoms with Crippen molar-refractivity contribution in [1.82, 2.24) is 25.4 Å². The molecule has 0 aliphatic carbocycles. The summed E-state index contributed by atoms with van der Waals surface area (Å²) >= 11 is 1.45. The van der Waals surface area contributed by atoms with Crippen LogP contribution in [0.15, 0.2) is 58.2 Å². The Morgan fingerprint density at radius 3 is 2.93 bits per heavy atom. The van der Waals surface area contributed by atoms with E-state index in [1.165, 1.54) is 11.8 Å². The Labute approximate surface area is 166 Å². The normalized spacial score (nSPS) is 12.2. The number of nitrogens with one attached hydrogen (secondary N) is 2. The van der Waals surface area contributed by atoms with E-state index in [4.69, 9.17) is 4.52 Å². The third-order valence-corrected chi connectivity index (χ3v) is 5.25. The van der Waals surface area contributed by atoms with Crippen LogP contribution in [0.2, 0.25) is 0 Å². The maximum atomic E-state index is 12.8. The van der Waals surface area contributed by atoms with Crippen LogP contribution >= 0.6 is 11.8 Å². The molecular formula is C20H19N5O2S. The number of thioether (sulfide) groups is 1. The molecule has 2 N–H and O–H groups in total. The molecule has 0 radical (unpaired) electrons.